The first-order valence-electron chi connectivity index (χ1n) is 1.63. The number of aliphatic hydroxyl groups is 1. The summed E-state index contributed by atoms with van der Waals surface area (Å²) in [7, 11) is 0. The SMILES string of the molecule is OC1CC1F. The highest BCUT2D eigenvalue weighted by Crippen LogP contribution is 2.23. The topological polar surface area (TPSA) is 20.2 Å². The zero-order valence-electron chi connectivity index (χ0n) is 2.69. The molecule has 2 unspecified atom stereocenters. The lowest BCUT2D eigenvalue weighted by Crippen LogP contribution is -1.78. The van der Waals surface area contributed by atoms with Gasteiger partial charge in [0.1, 0.15) is 6.17 Å². The van der Waals surface area contributed by atoms with Gasteiger partial charge in [0.2, 0.25) is 0 Å². The van der Waals surface area contributed by atoms with Crippen LogP contribution in [0.25, 0.3) is 0 Å². The van der Waals surface area contributed by atoms with Gasteiger partial charge >= 0.3 is 0 Å². The quantitative estimate of drug-likeness (QED) is 0.433. The summed E-state index contributed by atoms with van der Waals surface area (Å²) < 4.78 is 11.3. The predicted octanol–water partition coefficient (Wildman–Crippen LogP) is 0.0891. The summed E-state index contributed by atoms with van der Waals surface area (Å²) in [5, 5.41) is 8.06. The van der Waals surface area contributed by atoms with Gasteiger partial charge in [-0.1, -0.05) is 0 Å². The van der Waals surface area contributed by atoms with Crippen molar-refractivity contribution < 1.29 is 9.50 Å². The fourth-order valence-electron chi connectivity index (χ4n) is 0.152. The van der Waals surface area contributed by atoms with E-state index in [9.17, 15) is 4.39 Å². The summed E-state index contributed by atoms with van der Waals surface area (Å²) >= 11 is 0. The third kappa shape index (κ3) is 0.401. The monoisotopic (exact) mass is 76.0 g/mol. The highest BCUT2D eigenvalue weighted by Gasteiger charge is 2.34. The lowest BCUT2D eigenvalue weighted by atomic mass is 10.8. The second kappa shape index (κ2) is 0.684. The van der Waals surface area contributed by atoms with E-state index in [1.165, 1.54) is 0 Å². The molecule has 1 N–H and O–H groups in total. The van der Waals surface area contributed by atoms with E-state index in [1.807, 2.05) is 0 Å². The van der Waals surface area contributed by atoms with E-state index in [-0.39, 0.29) is 0 Å². The molecule has 2 atom stereocenters. The van der Waals surface area contributed by atoms with Crippen molar-refractivity contribution in [1.29, 1.82) is 0 Å². The molecule has 30 valence electrons. The first-order valence-corrected chi connectivity index (χ1v) is 1.63. The van der Waals surface area contributed by atoms with Gasteiger partial charge in [-0.3, -0.25) is 0 Å². The van der Waals surface area contributed by atoms with Gasteiger partial charge in [-0.05, 0) is 0 Å². The maximum Gasteiger partial charge on any atom is 0.129 e. The third-order valence-electron chi connectivity index (χ3n) is 0.681. The molecule has 1 fully saturated rings. The van der Waals surface area contributed by atoms with Crippen LogP contribution in [0.2, 0.25) is 0 Å². The molecule has 1 aliphatic carbocycles. The van der Waals surface area contributed by atoms with Gasteiger partial charge in [0.15, 0.2) is 0 Å². The van der Waals surface area contributed by atoms with E-state index >= 15 is 0 Å². The third-order valence-corrected chi connectivity index (χ3v) is 0.681. The second-order valence-electron chi connectivity index (χ2n) is 1.32. The van der Waals surface area contributed by atoms with Gasteiger partial charge in [-0.2, -0.15) is 0 Å². The average Bonchev–Trinajstić information content (AvgIpc) is 1.79. The van der Waals surface area contributed by atoms with Gasteiger partial charge in [0.25, 0.3) is 0 Å². The molecule has 2 heteroatoms. The number of alkyl halides is 1. The molecular formula is C3H5FO. The van der Waals surface area contributed by atoms with Crippen LogP contribution in [0.5, 0.6) is 0 Å². The van der Waals surface area contributed by atoms with Crippen LogP contribution >= 0.6 is 0 Å². The minimum Gasteiger partial charge on any atom is -0.390 e. The molecule has 1 aliphatic rings. The Kier molecular flexibility index (Phi) is 0.424. The van der Waals surface area contributed by atoms with Crippen LogP contribution in [0.3, 0.4) is 0 Å². The van der Waals surface area contributed by atoms with Gasteiger partial charge in [-0.25, -0.2) is 4.39 Å². The molecule has 0 aliphatic heterocycles. The Bertz CT molecular complexity index is 40.2. The number of rotatable bonds is 0. The Balaban J connectivity index is 2.20. The van der Waals surface area contributed by atoms with Crippen LogP contribution in [0.4, 0.5) is 4.39 Å². The van der Waals surface area contributed by atoms with Crippen LogP contribution in [0.15, 0.2) is 0 Å². The number of hydrogen-bond acceptors (Lipinski definition) is 1. The maximum absolute atomic E-state index is 11.3. The number of hydrogen-bond donors (Lipinski definition) is 1. The van der Waals surface area contributed by atoms with Gasteiger partial charge in [0, 0.05) is 6.42 Å². The second-order valence-corrected chi connectivity index (χ2v) is 1.32. The Labute approximate surface area is 29.4 Å². The molecule has 1 nitrogen and oxygen atoms in total. The predicted molar refractivity (Wildman–Crippen MR) is 15.5 cm³/mol. The van der Waals surface area contributed by atoms with E-state index in [2.05, 4.69) is 0 Å². The Morgan fingerprint density at radius 3 is 2.00 bits per heavy atom. The summed E-state index contributed by atoms with van der Waals surface area (Å²) in [4.78, 5) is 0. The van der Waals surface area contributed by atoms with Crippen molar-refractivity contribution in [2.75, 3.05) is 0 Å². The molecule has 0 aromatic rings. The van der Waals surface area contributed by atoms with Crippen molar-refractivity contribution in [1.82, 2.24) is 0 Å². The Hall–Kier alpha value is -0.110. The van der Waals surface area contributed by atoms with Gasteiger partial charge < -0.3 is 5.11 Å². The van der Waals surface area contributed by atoms with Crippen molar-refractivity contribution in [2.45, 2.75) is 18.7 Å². The average molecular weight is 76.1 g/mol. The van der Waals surface area contributed by atoms with Gasteiger partial charge in [-0.15, -0.1) is 0 Å². The number of halogens is 1. The van der Waals surface area contributed by atoms with E-state index in [0.717, 1.165) is 0 Å². The maximum atomic E-state index is 11.3. The standard InChI is InChI=1S/C3H5FO/c4-2-1-3(2)5/h2-3,5H,1H2. The van der Waals surface area contributed by atoms with E-state index in [0.29, 0.717) is 6.42 Å². The zero-order valence-corrected chi connectivity index (χ0v) is 2.69. The minimum absolute atomic E-state index is 0.361. The van der Waals surface area contributed by atoms with E-state index < -0.39 is 12.3 Å². The number of aliphatic hydroxyl groups excluding tert-OH is 1. The first-order chi connectivity index (χ1) is 2.30. The lowest BCUT2D eigenvalue weighted by molar-refractivity contribution is 0.238. The smallest absolute Gasteiger partial charge is 0.129 e. The normalized spacial score (nSPS) is 49.2. The Morgan fingerprint density at radius 2 is 2.00 bits per heavy atom. The highest BCUT2D eigenvalue weighted by atomic mass is 19.1. The van der Waals surface area contributed by atoms with Crippen molar-refractivity contribution in [3.05, 3.63) is 0 Å². The zero-order chi connectivity index (χ0) is 3.86. The van der Waals surface area contributed by atoms with E-state index in [4.69, 9.17) is 5.11 Å². The van der Waals surface area contributed by atoms with Gasteiger partial charge in [0.05, 0.1) is 6.10 Å². The molecule has 0 amide bonds. The van der Waals surface area contributed by atoms with Crippen LogP contribution in [0, 0.1) is 0 Å². The molecule has 0 saturated heterocycles. The fourth-order valence-corrected chi connectivity index (χ4v) is 0.152. The van der Waals surface area contributed by atoms with Crippen LogP contribution in [0.1, 0.15) is 6.42 Å². The molecule has 0 aromatic carbocycles. The summed E-state index contributed by atoms with van der Waals surface area (Å²) in [5.41, 5.74) is 0. The summed E-state index contributed by atoms with van der Waals surface area (Å²) in [6.07, 6.45) is -1.15. The molecule has 0 aromatic heterocycles. The molecule has 0 radical (unpaired) electrons. The summed E-state index contributed by atoms with van der Waals surface area (Å²) in [6, 6.07) is 0. The largest absolute Gasteiger partial charge is 0.390 e. The minimum atomic E-state index is -0.894. The molecule has 1 rings (SSSR count). The van der Waals surface area contributed by atoms with Crippen LogP contribution in [-0.2, 0) is 0 Å². The molecule has 1 saturated carbocycles. The molecule has 0 spiro atoms. The van der Waals surface area contributed by atoms with Crippen LogP contribution < -0.4 is 0 Å². The summed E-state index contributed by atoms with van der Waals surface area (Å²) in [6.45, 7) is 0. The fraction of sp³-hybridized carbons (Fsp3) is 1.00. The van der Waals surface area contributed by atoms with Crippen LogP contribution in [-0.4, -0.2) is 17.4 Å². The molecule has 0 heterocycles. The molecular weight excluding hydrogens is 71.0 g/mol. The van der Waals surface area contributed by atoms with Crippen molar-refractivity contribution in [3.63, 3.8) is 0 Å². The van der Waals surface area contributed by atoms with Crippen molar-refractivity contribution in [3.8, 4) is 0 Å². The Morgan fingerprint density at radius 1 is 1.80 bits per heavy atom. The van der Waals surface area contributed by atoms with E-state index in [1.54, 1.807) is 0 Å². The molecule has 5 heavy (non-hydrogen) atoms. The van der Waals surface area contributed by atoms with Crippen molar-refractivity contribution in [2.24, 2.45) is 0 Å². The highest BCUT2D eigenvalue weighted by molar-refractivity contribution is 4.84. The first kappa shape index (κ1) is 3.09. The lowest BCUT2D eigenvalue weighted by Gasteiger charge is -1.65. The molecule has 0 bridgehead atoms. The summed E-state index contributed by atoms with van der Waals surface area (Å²) in [5.74, 6) is 0. The van der Waals surface area contributed by atoms with Crippen molar-refractivity contribution >= 4 is 0 Å².